The number of hydrogen-bond donors (Lipinski definition) is 2. The molecule has 2 N–H and O–H groups in total. The molecule has 3 heterocycles. The maximum absolute atomic E-state index is 12.1. The number of hydrogen-bond acceptors (Lipinski definition) is 4. The molecule has 2 aromatic heterocycles. The Hall–Kier alpha value is -2.34. The minimum atomic E-state index is -0.219. The van der Waals surface area contributed by atoms with Gasteiger partial charge in [-0.3, -0.25) is 9.88 Å². The summed E-state index contributed by atoms with van der Waals surface area (Å²) in [6.45, 7) is 4.54. The number of pyridine rings is 1. The Morgan fingerprint density at radius 3 is 2.65 bits per heavy atom. The molecule has 0 radical (unpaired) electrons. The van der Waals surface area contributed by atoms with E-state index in [1.165, 1.54) is 12.8 Å². The number of carbonyl (C=O) groups is 1. The van der Waals surface area contributed by atoms with Crippen LogP contribution in [0.1, 0.15) is 30.4 Å². The van der Waals surface area contributed by atoms with Crippen molar-refractivity contribution in [3.05, 3.63) is 48.2 Å². The highest BCUT2D eigenvalue weighted by atomic mass is 16.3. The van der Waals surface area contributed by atoms with Gasteiger partial charge in [0.15, 0.2) is 0 Å². The molecule has 1 aliphatic heterocycles. The molecule has 6 heteroatoms. The lowest BCUT2D eigenvalue weighted by atomic mass is 10.2. The number of anilines is 1. The fourth-order valence-electron chi connectivity index (χ4n) is 2.90. The van der Waals surface area contributed by atoms with Crippen LogP contribution in [0, 0.1) is 6.92 Å². The van der Waals surface area contributed by atoms with Crippen LogP contribution < -0.4 is 10.6 Å². The molecule has 1 aliphatic rings. The third-order valence-corrected chi connectivity index (χ3v) is 4.07. The number of aromatic nitrogens is 1. The second-order valence-corrected chi connectivity index (χ2v) is 5.78. The Labute approximate surface area is 135 Å². The van der Waals surface area contributed by atoms with Gasteiger partial charge in [0.2, 0.25) is 0 Å². The average Bonchev–Trinajstić information content (AvgIpc) is 3.21. The van der Waals surface area contributed by atoms with Crippen molar-refractivity contribution in [2.24, 2.45) is 0 Å². The van der Waals surface area contributed by atoms with Gasteiger partial charge < -0.3 is 15.1 Å². The topological polar surface area (TPSA) is 70.4 Å². The molecule has 2 amide bonds. The zero-order valence-electron chi connectivity index (χ0n) is 13.3. The second-order valence-electron chi connectivity index (χ2n) is 5.78. The highest BCUT2D eigenvalue weighted by molar-refractivity contribution is 5.89. The summed E-state index contributed by atoms with van der Waals surface area (Å²) in [4.78, 5) is 18.4. The zero-order valence-corrected chi connectivity index (χ0v) is 13.3. The van der Waals surface area contributed by atoms with Crippen molar-refractivity contribution in [2.45, 2.75) is 25.8 Å². The Morgan fingerprint density at radius 1 is 1.26 bits per heavy atom. The molecular formula is C17H22N4O2. The fourth-order valence-corrected chi connectivity index (χ4v) is 2.90. The van der Waals surface area contributed by atoms with E-state index in [-0.39, 0.29) is 12.1 Å². The first-order chi connectivity index (χ1) is 11.2. The SMILES string of the molecule is Cc1ccc([C@@H](CNC(=O)Nc2ccncc2)N2CCCC2)o1. The van der Waals surface area contributed by atoms with Crippen LogP contribution in [0.25, 0.3) is 0 Å². The zero-order chi connectivity index (χ0) is 16.1. The number of nitrogens with one attached hydrogen (secondary N) is 2. The van der Waals surface area contributed by atoms with Crippen LogP contribution in [0.4, 0.5) is 10.5 Å². The molecule has 6 nitrogen and oxygen atoms in total. The van der Waals surface area contributed by atoms with Crippen LogP contribution in [0.2, 0.25) is 0 Å². The van der Waals surface area contributed by atoms with Crippen molar-refractivity contribution >= 4 is 11.7 Å². The number of likely N-dealkylation sites (tertiary alicyclic amines) is 1. The standard InChI is InChI=1S/C17H22N4O2/c1-13-4-5-16(23-13)15(21-10-2-3-11-21)12-19-17(22)20-14-6-8-18-9-7-14/h4-9,15H,2-3,10-12H2,1H3,(H2,18,19,20,22)/t15-/m1/s1. The van der Waals surface area contributed by atoms with E-state index in [2.05, 4.69) is 20.5 Å². The van der Waals surface area contributed by atoms with Crippen LogP contribution in [-0.2, 0) is 0 Å². The third-order valence-electron chi connectivity index (χ3n) is 4.07. The van der Waals surface area contributed by atoms with Gasteiger partial charge in [0.1, 0.15) is 11.5 Å². The number of rotatable bonds is 5. The van der Waals surface area contributed by atoms with Crippen LogP contribution in [0.15, 0.2) is 41.1 Å². The molecule has 1 atom stereocenters. The highest BCUT2D eigenvalue weighted by Gasteiger charge is 2.26. The Bertz CT molecular complexity index is 635. The first kappa shape index (κ1) is 15.6. The summed E-state index contributed by atoms with van der Waals surface area (Å²) in [6, 6.07) is 7.34. The van der Waals surface area contributed by atoms with Gasteiger partial charge in [-0.05, 0) is 57.1 Å². The second kappa shape index (κ2) is 7.28. The van der Waals surface area contributed by atoms with Crippen molar-refractivity contribution in [1.82, 2.24) is 15.2 Å². The lowest BCUT2D eigenvalue weighted by Gasteiger charge is -2.26. The fraction of sp³-hybridized carbons (Fsp3) is 0.412. The molecule has 0 unspecified atom stereocenters. The van der Waals surface area contributed by atoms with Gasteiger partial charge in [0.05, 0.1) is 6.04 Å². The first-order valence-electron chi connectivity index (χ1n) is 7.97. The molecule has 1 saturated heterocycles. The molecule has 0 spiro atoms. The minimum Gasteiger partial charge on any atom is -0.465 e. The lowest BCUT2D eigenvalue weighted by Crippen LogP contribution is -2.38. The normalized spacial score (nSPS) is 16.2. The van der Waals surface area contributed by atoms with Crippen LogP contribution in [0.3, 0.4) is 0 Å². The van der Waals surface area contributed by atoms with Gasteiger partial charge in [-0.2, -0.15) is 0 Å². The molecule has 0 bridgehead atoms. The summed E-state index contributed by atoms with van der Waals surface area (Å²) in [5.41, 5.74) is 0.726. The first-order valence-corrected chi connectivity index (χ1v) is 7.97. The van der Waals surface area contributed by atoms with Gasteiger partial charge in [-0.1, -0.05) is 0 Å². The predicted octanol–water partition coefficient (Wildman–Crippen LogP) is 2.94. The predicted molar refractivity (Wildman–Crippen MR) is 88.3 cm³/mol. The molecular weight excluding hydrogens is 292 g/mol. The van der Waals surface area contributed by atoms with Crippen molar-refractivity contribution in [1.29, 1.82) is 0 Å². The van der Waals surface area contributed by atoms with E-state index in [9.17, 15) is 4.79 Å². The Morgan fingerprint density at radius 2 is 2.00 bits per heavy atom. The molecule has 3 rings (SSSR count). The molecule has 0 aromatic carbocycles. The summed E-state index contributed by atoms with van der Waals surface area (Å²) in [7, 11) is 0. The maximum atomic E-state index is 12.1. The highest BCUT2D eigenvalue weighted by Crippen LogP contribution is 2.26. The summed E-state index contributed by atoms with van der Waals surface area (Å²) in [5, 5.41) is 5.75. The molecule has 23 heavy (non-hydrogen) atoms. The molecule has 1 fully saturated rings. The van der Waals surface area contributed by atoms with Gasteiger partial charge in [-0.15, -0.1) is 0 Å². The number of carbonyl (C=O) groups excluding carboxylic acids is 1. The van der Waals surface area contributed by atoms with Crippen molar-refractivity contribution in [3.8, 4) is 0 Å². The van der Waals surface area contributed by atoms with E-state index in [0.717, 1.165) is 30.3 Å². The van der Waals surface area contributed by atoms with E-state index in [4.69, 9.17) is 4.42 Å². The van der Waals surface area contributed by atoms with E-state index < -0.39 is 0 Å². The average molecular weight is 314 g/mol. The van der Waals surface area contributed by atoms with Gasteiger partial charge in [0.25, 0.3) is 0 Å². The van der Waals surface area contributed by atoms with Crippen LogP contribution in [-0.4, -0.2) is 35.5 Å². The van der Waals surface area contributed by atoms with Crippen LogP contribution in [0.5, 0.6) is 0 Å². The summed E-state index contributed by atoms with van der Waals surface area (Å²) in [6.07, 6.45) is 5.68. The number of amides is 2. The van der Waals surface area contributed by atoms with Crippen molar-refractivity contribution in [2.75, 3.05) is 25.0 Å². The summed E-state index contributed by atoms with van der Waals surface area (Å²) in [5.74, 6) is 1.80. The van der Waals surface area contributed by atoms with E-state index in [1.807, 2.05) is 19.1 Å². The molecule has 0 aliphatic carbocycles. The summed E-state index contributed by atoms with van der Waals surface area (Å²) < 4.78 is 5.79. The smallest absolute Gasteiger partial charge is 0.319 e. The van der Waals surface area contributed by atoms with Gasteiger partial charge >= 0.3 is 6.03 Å². The van der Waals surface area contributed by atoms with Gasteiger partial charge in [0, 0.05) is 24.6 Å². The quantitative estimate of drug-likeness (QED) is 0.890. The molecule has 122 valence electrons. The van der Waals surface area contributed by atoms with Gasteiger partial charge in [-0.25, -0.2) is 4.79 Å². The lowest BCUT2D eigenvalue weighted by molar-refractivity contribution is 0.205. The number of aryl methyl sites for hydroxylation is 1. The monoisotopic (exact) mass is 314 g/mol. The maximum Gasteiger partial charge on any atom is 0.319 e. The minimum absolute atomic E-state index is 0.0781. The van der Waals surface area contributed by atoms with E-state index >= 15 is 0 Å². The molecule has 2 aromatic rings. The number of nitrogens with zero attached hydrogens (tertiary/aromatic N) is 2. The van der Waals surface area contributed by atoms with E-state index in [1.54, 1.807) is 24.5 Å². The Kier molecular flexibility index (Phi) is 4.92. The Balaban J connectivity index is 1.61. The largest absolute Gasteiger partial charge is 0.465 e. The third kappa shape index (κ3) is 4.10. The van der Waals surface area contributed by atoms with Crippen molar-refractivity contribution in [3.63, 3.8) is 0 Å². The number of urea groups is 1. The van der Waals surface area contributed by atoms with Crippen LogP contribution >= 0.6 is 0 Å². The van der Waals surface area contributed by atoms with Crippen molar-refractivity contribution < 1.29 is 9.21 Å². The number of furan rings is 1. The molecule has 0 saturated carbocycles. The van der Waals surface area contributed by atoms with E-state index in [0.29, 0.717) is 6.54 Å². The summed E-state index contributed by atoms with van der Waals surface area (Å²) >= 11 is 0.